The summed E-state index contributed by atoms with van der Waals surface area (Å²) >= 11 is 3.18. The number of hydrogen-bond acceptors (Lipinski definition) is 1. The predicted octanol–water partition coefficient (Wildman–Crippen LogP) is 2.93. The van der Waals surface area contributed by atoms with Gasteiger partial charge in [0, 0.05) is 5.33 Å². The third-order valence-corrected chi connectivity index (χ3v) is 1.94. The Morgan fingerprint density at radius 1 is 1.50 bits per heavy atom. The summed E-state index contributed by atoms with van der Waals surface area (Å²) in [6.07, 6.45) is 3.42. The lowest BCUT2D eigenvalue weighted by atomic mass is 10.1. The molecule has 2 nitrogen and oxygen atoms in total. The molecular weight excluding hydrogens is 251 g/mol. The molecule has 0 aromatic heterocycles. The van der Waals surface area contributed by atoms with Crippen molar-refractivity contribution in [3.63, 3.8) is 0 Å². The number of halogens is 2. The van der Waals surface area contributed by atoms with Gasteiger partial charge in [0.25, 0.3) is 0 Å². The van der Waals surface area contributed by atoms with Crippen LogP contribution in [-0.4, -0.2) is 16.4 Å². The summed E-state index contributed by atoms with van der Waals surface area (Å²) in [6.45, 7) is 0. The van der Waals surface area contributed by atoms with Crippen LogP contribution in [0.15, 0.2) is 24.3 Å². The highest BCUT2D eigenvalue weighted by molar-refractivity contribution is 9.09. The van der Waals surface area contributed by atoms with Gasteiger partial charge in [0.05, 0.1) is 5.56 Å². The van der Waals surface area contributed by atoms with E-state index in [2.05, 4.69) is 15.9 Å². The van der Waals surface area contributed by atoms with Gasteiger partial charge in [-0.1, -0.05) is 28.1 Å². The molecule has 0 saturated carbocycles. The molecule has 14 heavy (non-hydrogen) atoms. The van der Waals surface area contributed by atoms with Crippen molar-refractivity contribution >= 4 is 28.0 Å². The average Bonchev–Trinajstić information content (AvgIpc) is 2.14. The second-order valence-electron chi connectivity index (χ2n) is 2.64. The molecule has 0 atom stereocenters. The molecule has 1 aromatic carbocycles. The maximum Gasteiger partial charge on any atom is 0.335 e. The lowest BCUT2D eigenvalue weighted by Gasteiger charge is -1.98. The van der Waals surface area contributed by atoms with Gasteiger partial charge >= 0.3 is 5.97 Å². The van der Waals surface area contributed by atoms with E-state index in [1.807, 2.05) is 0 Å². The maximum atomic E-state index is 12.9. The second kappa shape index (κ2) is 4.91. The summed E-state index contributed by atoms with van der Waals surface area (Å²) < 4.78 is 12.9. The molecular formula is C10H8BrFO2. The molecule has 0 aliphatic rings. The van der Waals surface area contributed by atoms with Gasteiger partial charge in [-0.25, -0.2) is 9.18 Å². The van der Waals surface area contributed by atoms with Gasteiger partial charge < -0.3 is 5.11 Å². The van der Waals surface area contributed by atoms with Crippen molar-refractivity contribution in [2.75, 3.05) is 5.33 Å². The van der Waals surface area contributed by atoms with Crippen molar-refractivity contribution in [2.24, 2.45) is 0 Å². The topological polar surface area (TPSA) is 37.3 Å². The Bertz CT molecular complexity index is 374. The molecule has 0 fully saturated rings. The van der Waals surface area contributed by atoms with E-state index in [0.29, 0.717) is 10.9 Å². The fourth-order valence-corrected chi connectivity index (χ4v) is 1.20. The van der Waals surface area contributed by atoms with Gasteiger partial charge in [0.15, 0.2) is 0 Å². The smallest absolute Gasteiger partial charge is 0.335 e. The van der Waals surface area contributed by atoms with E-state index in [0.717, 1.165) is 6.07 Å². The summed E-state index contributed by atoms with van der Waals surface area (Å²) in [6, 6.07) is 3.70. The van der Waals surface area contributed by atoms with Crippen LogP contribution in [0.4, 0.5) is 4.39 Å². The number of carbonyl (C=O) groups is 1. The summed E-state index contributed by atoms with van der Waals surface area (Å²) in [4.78, 5) is 10.6. The van der Waals surface area contributed by atoms with Crippen LogP contribution in [0.25, 0.3) is 6.08 Å². The Hall–Kier alpha value is -1.16. The fraction of sp³-hybridized carbons (Fsp3) is 0.100. The van der Waals surface area contributed by atoms with Crippen LogP contribution in [-0.2, 0) is 0 Å². The number of carboxylic acid groups (broad SMARTS) is 1. The van der Waals surface area contributed by atoms with E-state index in [9.17, 15) is 9.18 Å². The highest BCUT2D eigenvalue weighted by Gasteiger charge is 2.05. The van der Waals surface area contributed by atoms with E-state index >= 15 is 0 Å². The number of hydrogen-bond donors (Lipinski definition) is 1. The largest absolute Gasteiger partial charge is 0.478 e. The Labute approximate surface area is 89.2 Å². The first-order chi connectivity index (χ1) is 6.63. The Kier molecular flexibility index (Phi) is 3.83. The summed E-state index contributed by atoms with van der Waals surface area (Å²) in [5, 5.41) is 9.30. The van der Waals surface area contributed by atoms with Crippen LogP contribution in [0.3, 0.4) is 0 Å². The zero-order chi connectivity index (χ0) is 10.6. The first kappa shape index (κ1) is 10.9. The van der Waals surface area contributed by atoms with E-state index in [4.69, 9.17) is 5.11 Å². The molecule has 0 heterocycles. The van der Waals surface area contributed by atoms with Crippen LogP contribution in [0, 0.1) is 5.82 Å². The van der Waals surface area contributed by atoms with Gasteiger partial charge in [0.1, 0.15) is 5.82 Å². The SMILES string of the molecule is O=C(O)c1cc(F)cc(C=CCBr)c1. The third-order valence-electron chi connectivity index (χ3n) is 1.57. The molecule has 1 aromatic rings. The first-order valence-electron chi connectivity index (χ1n) is 3.90. The van der Waals surface area contributed by atoms with Crippen molar-refractivity contribution in [1.82, 2.24) is 0 Å². The molecule has 4 heteroatoms. The maximum absolute atomic E-state index is 12.9. The molecule has 0 saturated heterocycles. The quantitative estimate of drug-likeness (QED) is 0.847. The van der Waals surface area contributed by atoms with Crippen molar-refractivity contribution < 1.29 is 14.3 Å². The fourth-order valence-electron chi connectivity index (χ4n) is 1.01. The van der Waals surface area contributed by atoms with Crippen LogP contribution >= 0.6 is 15.9 Å². The number of rotatable bonds is 3. The second-order valence-corrected chi connectivity index (χ2v) is 3.28. The van der Waals surface area contributed by atoms with Crippen LogP contribution in [0.1, 0.15) is 15.9 Å². The van der Waals surface area contributed by atoms with E-state index in [1.54, 1.807) is 12.2 Å². The van der Waals surface area contributed by atoms with Crippen molar-refractivity contribution in [1.29, 1.82) is 0 Å². The number of allylic oxidation sites excluding steroid dienone is 1. The highest BCUT2D eigenvalue weighted by Crippen LogP contribution is 2.11. The number of aromatic carboxylic acids is 1. The van der Waals surface area contributed by atoms with Gasteiger partial charge in [-0.3, -0.25) is 0 Å². The molecule has 74 valence electrons. The normalized spacial score (nSPS) is 10.7. The zero-order valence-corrected chi connectivity index (χ0v) is 8.79. The molecule has 0 unspecified atom stereocenters. The van der Waals surface area contributed by atoms with Gasteiger partial charge in [-0.2, -0.15) is 0 Å². The van der Waals surface area contributed by atoms with E-state index < -0.39 is 11.8 Å². The van der Waals surface area contributed by atoms with Gasteiger partial charge in [0.2, 0.25) is 0 Å². The van der Waals surface area contributed by atoms with E-state index in [-0.39, 0.29) is 5.56 Å². The lowest BCUT2D eigenvalue weighted by Crippen LogP contribution is -1.97. The Balaban J connectivity index is 3.07. The Morgan fingerprint density at radius 2 is 2.21 bits per heavy atom. The van der Waals surface area contributed by atoms with Crippen LogP contribution in [0.2, 0.25) is 0 Å². The molecule has 1 N–H and O–H groups in total. The van der Waals surface area contributed by atoms with Crippen molar-refractivity contribution in [3.8, 4) is 0 Å². The molecule has 0 aliphatic heterocycles. The van der Waals surface area contributed by atoms with E-state index in [1.165, 1.54) is 12.1 Å². The molecule has 1 rings (SSSR count). The molecule has 0 bridgehead atoms. The minimum Gasteiger partial charge on any atom is -0.478 e. The van der Waals surface area contributed by atoms with Gasteiger partial charge in [-0.15, -0.1) is 0 Å². The number of benzene rings is 1. The number of carboxylic acids is 1. The zero-order valence-electron chi connectivity index (χ0n) is 7.21. The average molecular weight is 259 g/mol. The van der Waals surface area contributed by atoms with Gasteiger partial charge in [-0.05, 0) is 23.8 Å². The molecule has 0 radical (unpaired) electrons. The minimum atomic E-state index is -1.13. The monoisotopic (exact) mass is 258 g/mol. The molecule has 0 spiro atoms. The van der Waals surface area contributed by atoms with Crippen molar-refractivity contribution in [3.05, 3.63) is 41.2 Å². The standard InChI is InChI=1S/C10H8BrFO2/c11-3-1-2-7-4-8(10(13)14)6-9(12)5-7/h1-2,4-6H,3H2,(H,13,14). The summed E-state index contributed by atoms with van der Waals surface area (Å²) in [5.74, 6) is -1.67. The van der Waals surface area contributed by atoms with Crippen LogP contribution < -0.4 is 0 Å². The van der Waals surface area contributed by atoms with Crippen LogP contribution in [0.5, 0.6) is 0 Å². The summed E-state index contributed by atoms with van der Waals surface area (Å²) in [5.41, 5.74) is 0.501. The lowest BCUT2D eigenvalue weighted by molar-refractivity contribution is 0.0696. The third kappa shape index (κ3) is 2.96. The minimum absolute atomic E-state index is 0.0424. The molecule has 0 aliphatic carbocycles. The predicted molar refractivity (Wildman–Crippen MR) is 56.2 cm³/mol. The van der Waals surface area contributed by atoms with Crippen molar-refractivity contribution in [2.45, 2.75) is 0 Å². The molecule has 0 amide bonds. The highest BCUT2D eigenvalue weighted by atomic mass is 79.9. The first-order valence-corrected chi connectivity index (χ1v) is 5.02. The summed E-state index contributed by atoms with van der Waals surface area (Å²) in [7, 11) is 0. The Morgan fingerprint density at radius 3 is 2.79 bits per heavy atom. The number of alkyl halides is 1.